The number of amides is 2. The van der Waals surface area contributed by atoms with Gasteiger partial charge in [-0.1, -0.05) is 12.1 Å². The Labute approximate surface area is 177 Å². The number of carbonyl (C=O) groups is 3. The first-order chi connectivity index (χ1) is 14.9. The summed E-state index contributed by atoms with van der Waals surface area (Å²) in [6.45, 7) is 2.88. The molecule has 5 rings (SSSR count). The Bertz CT molecular complexity index is 1080. The Kier molecular flexibility index (Phi) is 5.48. The van der Waals surface area contributed by atoms with Gasteiger partial charge in [0.2, 0.25) is 5.91 Å². The number of H-pyrrole nitrogens is 1. The smallest absolute Gasteiger partial charge is 0.290 e. The number of benzene rings is 1. The van der Waals surface area contributed by atoms with Gasteiger partial charge in [0, 0.05) is 31.8 Å². The van der Waals surface area contributed by atoms with Gasteiger partial charge in [-0.3, -0.25) is 19.2 Å². The number of hydrogen-bond donors (Lipinski definition) is 3. The van der Waals surface area contributed by atoms with Crippen LogP contribution in [0.15, 0.2) is 29.1 Å². The summed E-state index contributed by atoms with van der Waals surface area (Å²) < 4.78 is 6.30. The predicted molar refractivity (Wildman–Crippen MR) is 109 cm³/mol. The highest BCUT2D eigenvalue weighted by atomic mass is 16.5. The molecule has 2 amide bonds. The average Bonchev–Trinajstić information content (AvgIpc) is 3.41. The zero-order valence-electron chi connectivity index (χ0n) is 17.0. The molecule has 1 aromatic carbocycles. The molecule has 3 saturated heterocycles. The van der Waals surface area contributed by atoms with Gasteiger partial charge < -0.3 is 25.0 Å². The maximum absolute atomic E-state index is 13.1. The zero-order valence-corrected chi connectivity index (χ0v) is 17.0. The summed E-state index contributed by atoms with van der Waals surface area (Å²) >= 11 is 0. The van der Waals surface area contributed by atoms with Crippen LogP contribution >= 0.6 is 0 Å². The molecule has 10 nitrogen and oxygen atoms in total. The van der Waals surface area contributed by atoms with Crippen molar-refractivity contribution >= 4 is 29.2 Å². The number of nitrogens with zero attached hydrogens (tertiary/aromatic N) is 2. The standard InChI is InChI=1S/C20H22N4O4.CH2O2/c1-11(25)21-8-13-14-9-24(10-20(14)7-6-16(13)28-20)19(27)17-22-15-5-3-2-4-12(15)18(26)23-17;2-1-3/h2-5,13-14,16H,6-10H2,1H3,(H,21,25)(H,22,23,26);1H,(H,2,3)/t13-,14+,16+,20+;/m0./s1. The summed E-state index contributed by atoms with van der Waals surface area (Å²) in [5.41, 5.74) is -0.138. The maximum atomic E-state index is 13.1. The fraction of sp³-hybridized carbons (Fsp3) is 0.476. The third kappa shape index (κ3) is 3.67. The fourth-order valence-corrected chi connectivity index (χ4v) is 5.22. The van der Waals surface area contributed by atoms with Crippen LogP contribution < -0.4 is 10.9 Å². The van der Waals surface area contributed by atoms with Crippen LogP contribution in [0.2, 0.25) is 0 Å². The molecular formula is C21H24N4O6. The van der Waals surface area contributed by atoms with E-state index in [9.17, 15) is 14.4 Å². The minimum Gasteiger partial charge on any atom is -0.483 e. The van der Waals surface area contributed by atoms with Crippen molar-refractivity contribution < 1.29 is 24.2 Å². The first-order valence-electron chi connectivity index (χ1n) is 10.2. The summed E-state index contributed by atoms with van der Waals surface area (Å²) in [5.74, 6) is 0.124. The fourth-order valence-electron chi connectivity index (χ4n) is 5.22. The highest BCUT2D eigenvalue weighted by Gasteiger charge is 2.63. The highest BCUT2D eigenvalue weighted by Crippen LogP contribution is 2.54. The Morgan fingerprint density at radius 3 is 2.90 bits per heavy atom. The molecule has 3 fully saturated rings. The van der Waals surface area contributed by atoms with Gasteiger partial charge in [-0.25, -0.2) is 4.98 Å². The van der Waals surface area contributed by atoms with Crippen molar-refractivity contribution in [1.29, 1.82) is 0 Å². The van der Waals surface area contributed by atoms with E-state index in [-0.39, 0.29) is 53.2 Å². The molecule has 0 saturated carbocycles. The molecule has 1 aromatic heterocycles. The Morgan fingerprint density at radius 2 is 2.16 bits per heavy atom. The number of rotatable bonds is 3. The lowest BCUT2D eigenvalue weighted by atomic mass is 9.73. The maximum Gasteiger partial charge on any atom is 0.290 e. The normalized spacial score (nSPS) is 28.0. The quantitative estimate of drug-likeness (QED) is 0.600. The lowest BCUT2D eigenvalue weighted by Crippen LogP contribution is -2.41. The van der Waals surface area contributed by atoms with Gasteiger partial charge in [-0.2, -0.15) is 0 Å². The van der Waals surface area contributed by atoms with Gasteiger partial charge in [-0.15, -0.1) is 0 Å². The highest BCUT2D eigenvalue weighted by molar-refractivity contribution is 5.93. The predicted octanol–water partition coefficient (Wildman–Crippen LogP) is 0.380. The Balaban J connectivity index is 0.000000730. The molecule has 0 unspecified atom stereocenters. The summed E-state index contributed by atoms with van der Waals surface area (Å²) in [4.78, 5) is 53.8. The number of nitrogens with one attached hydrogen (secondary N) is 2. The molecule has 31 heavy (non-hydrogen) atoms. The van der Waals surface area contributed by atoms with E-state index in [0.29, 0.717) is 30.5 Å². The minimum absolute atomic E-state index is 0.0549. The van der Waals surface area contributed by atoms with E-state index < -0.39 is 0 Å². The van der Waals surface area contributed by atoms with Crippen LogP contribution in [0.5, 0.6) is 0 Å². The molecule has 3 N–H and O–H groups in total. The lowest BCUT2D eigenvalue weighted by molar-refractivity contribution is -0.123. The number of aromatic nitrogens is 2. The van der Waals surface area contributed by atoms with E-state index >= 15 is 0 Å². The van der Waals surface area contributed by atoms with Crippen molar-refractivity contribution in [2.45, 2.75) is 31.5 Å². The first-order valence-corrected chi connectivity index (χ1v) is 10.2. The summed E-state index contributed by atoms with van der Waals surface area (Å²) in [6, 6.07) is 6.98. The van der Waals surface area contributed by atoms with Crippen molar-refractivity contribution in [3.8, 4) is 0 Å². The van der Waals surface area contributed by atoms with E-state index in [0.717, 1.165) is 12.8 Å². The monoisotopic (exact) mass is 428 g/mol. The summed E-state index contributed by atoms with van der Waals surface area (Å²) in [6.07, 6.45) is 2.02. The number of carbonyl (C=O) groups excluding carboxylic acids is 2. The molecule has 10 heteroatoms. The summed E-state index contributed by atoms with van der Waals surface area (Å²) in [5, 5.41) is 10.3. The van der Waals surface area contributed by atoms with E-state index in [4.69, 9.17) is 14.6 Å². The molecule has 1 spiro atoms. The van der Waals surface area contributed by atoms with Crippen LogP contribution in [-0.4, -0.2) is 69.6 Å². The van der Waals surface area contributed by atoms with Crippen LogP contribution in [0, 0.1) is 11.8 Å². The number of hydrogen-bond acceptors (Lipinski definition) is 6. The van der Waals surface area contributed by atoms with E-state index in [2.05, 4.69) is 15.3 Å². The molecular weight excluding hydrogens is 404 g/mol. The molecule has 164 valence electrons. The topological polar surface area (TPSA) is 142 Å². The van der Waals surface area contributed by atoms with E-state index in [1.165, 1.54) is 6.92 Å². The van der Waals surface area contributed by atoms with Crippen molar-refractivity contribution in [2.24, 2.45) is 11.8 Å². The van der Waals surface area contributed by atoms with Crippen LogP contribution in [-0.2, 0) is 14.3 Å². The largest absolute Gasteiger partial charge is 0.483 e. The second-order valence-electron chi connectivity index (χ2n) is 8.19. The number of aromatic amines is 1. The molecule has 0 aliphatic carbocycles. The van der Waals surface area contributed by atoms with Gasteiger partial charge in [-0.05, 0) is 25.0 Å². The van der Waals surface area contributed by atoms with Crippen LogP contribution in [0.1, 0.15) is 30.4 Å². The van der Waals surface area contributed by atoms with Gasteiger partial charge in [0.05, 0.1) is 29.2 Å². The van der Waals surface area contributed by atoms with E-state index in [1.807, 2.05) is 0 Å². The SMILES string of the molecule is CC(=O)NC[C@H]1[C@H]2CN(C(=O)c3nc4ccccc4c(=O)[nH]3)C[C@]23CC[C@H]1O3.O=CO. The molecule has 4 atom stereocenters. The number of para-hydroxylation sites is 1. The summed E-state index contributed by atoms with van der Waals surface area (Å²) in [7, 11) is 0. The third-order valence-corrected chi connectivity index (χ3v) is 6.47. The van der Waals surface area contributed by atoms with Crippen LogP contribution in [0.4, 0.5) is 0 Å². The molecule has 0 radical (unpaired) electrons. The Morgan fingerprint density at radius 1 is 1.42 bits per heavy atom. The van der Waals surface area contributed by atoms with Crippen molar-refractivity contribution in [3.05, 3.63) is 40.4 Å². The van der Waals surface area contributed by atoms with E-state index in [1.54, 1.807) is 29.2 Å². The Hall–Kier alpha value is -3.27. The number of likely N-dealkylation sites (tertiary alicyclic amines) is 1. The average molecular weight is 428 g/mol. The van der Waals surface area contributed by atoms with Gasteiger partial charge in [0.25, 0.3) is 17.9 Å². The van der Waals surface area contributed by atoms with Crippen molar-refractivity contribution in [2.75, 3.05) is 19.6 Å². The van der Waals surface area contributed by atoms with Crippen molar-refractivity contribution in [1.82, 2.24) is 20.2 Å². The zero-order chi connectivity index (χ0) is 22.2. The number of carboxylic acid groups (broad SMARTS) is 1. The third-order valence-electron chi connectivity index (χ3n) is 6.47. The van der Waals surface area contributed by atoms with Gasteiger partial charge in [0.1, 0.15) is 0 Å². The van der Waals surface area contributed by atoms with Gasteiger partial charge >= 0.3 is 0 Å². The lowest BCUT2D eigenvalue weighted by Gasteiger charge is -2.29. The minimum atomic E-state index is -0.333. The van der Waals surface area contributed by atoms with Crippen LogP contribution in [0.3, 0.4) is 0 Å². The molecule has 3 aliphatic rings. The number of ether oxygens (including phenoxy) is 1. The first kappa shape index (κ1) is 21.0. The molecule has 2 bridgehead atoms. The van der Waals surface area contributed by atoms with Gasteiger partial charge in [0.15, 0.2) is 5.82 Å². The van der Waals surface area contributed by atoms with Crippen molar-refractivity contribution in [3.63, 3.8) is 0 Å². The second-order valence-corrected chi connectivity index (χ2v) is 8.19. The van der Waals surface area contributed by atoms with Crippen LogP contribution in [0.25, 0.3) is 10.9 Å². The molecule has 3 aliphatic heterocycles. The molecule has 4 heterocycles. The number of fused-ring (bicyclic) bond motifs is 2. The second kappa shape index (κ2) is 8.10. The molecule has 2 aromatic rings.